The van der Waals surface area contributed by atoms with Crippen LogP contribution in [-0.2, 0) is 6.54 Å². The maximum Gasteiger partial charge on any atom is 0.142 e. The van der Waals surface area contributed by atoms with Crippen LogP contribution >= 0.6 is 0 Å². The molecule has 1 fully saturated rings. The lowest BCUT2D eigenvalue weighted by atomic mass is 10.1. The van der Waals surface area contributed by atoms with Gasteiger partial charge in [0, 0.05) is 31.5 Å². The Bertz CT molecular complexity index is 271. The Labute approximate surface area is 84.4 Å². The van der Waals surface area contributed by atoms with Crippen LogP contribution in [0.1, 0.15) is 12.7 Å². The second kappa shape index (κ2) is 4.48. The zero-order valence-corrected chi connectivity index (χ0v) is 8.48. The monoisotopic (exact) mass is 192 g/mol. The maximum absolute atomic E-state index is 4.23. The van der Waals surface area contributed by atoms with Crippen molar-refractivity contribution >= 4 is 0 Å². The average molecular weight is 192 g/mol. The summed E-state index contributed by atoms with van der Waals surface area (Å²) >= 11 is 0. The van der Waals surface area contributed by atoms with E-state index in [1.807, 2.05) is 6.07 Å². The van der Waals surface area contributed by atoms with Crippen LogP contribution in [0.25, 0.3) is 0 Å². The molecule has 0 saturated carbocycles. The van der Waals surface area contributed by atoms with E-state index < -0.39 is 0 Å². The Morgan fingerprint density at radius 1 is 1.43 bits per heavy atom. The maximum atomic E-state index is 4.23. The smallest absolute Gasteiger partial charge is 0.142 e. The van der Waals surface area contributed by atoms with Crippen molar-refractivity contribution in [1.82, 2.24) is 20.2 Å². The van der Waals surface area contributed by atoms with Crippen LogP contribution in [0.2, 0.25) is 0 Å². The molecule has 76 valence electrons. The topological polar surface area (TPSA) is 41.1 Å². The SMILES string of the molecule is CCN(Cc1ncccn1)C1CNC1. The molecule has 2 rings (SSSR count). The molecule has 1 N–H and O–H groups in total. The highest BCUT2D eigenvalue weighted by Gasteiger charge is 2.23. The van der Waals surface area contributed by atoms with E-state index in [9.17, 15) is 0 Å². The third kappa shape index (κ3) is 2.08. The van der Waals surface area contributed by atoms with Crippen LogP contribution in [0.15, 0.2) is 18.5 Å². The molecule has 0 unspecified atom stereocenters. The molecule has 0 radical (unpaired) electrons. The first kappa shape index (κ1) is 9.55. The first-order valence-corrected chi connectivity index (χ1v) is 5.11. The molecule has 4 heteroatoms. The largest absolute Gasteiger partial charge is 0.314 e. The second-order valence-corrected chi connectivity index (χ2v) is 3.54. The van der Waals surface area contributed by atoms with Crippen molar-refractivity contribution in [3.05, 3.63) is 24.3 Å². The third-order valence-electron chi connectivity index (χ3n) is 2.65. The summed E-state index contributed by atoms with van der Waals surface area (Å²) in [5, 5.41) is 3.28. The van der Waals surface area contributed by atoms with Crippen molar-refractivity contribution in [1.29, 1.82) is 0 Å². The first-order valence-electron chi connectivity index (χ1n) is 5.11. The summed E-state index contributed by atoms with van der Waals surface area (Å²) in [7, 11) is 0. The van der Waals surface area contributed by atoms with Gasteiger partial charge in [-0.1, -0.05) is 6.92 Å². The molecule has 1 aromatic heterocycles. The normalized spacial score (nSPS) is 17.0. The molecule has 0 atom stereocenters. The molecule has 1 aromatic rings. The van der Waals surface area contributed by atoms with Gasteiger partial charge < -0.3 is 5.32 Å². The zero-order valence-electron chi connectivity index (χ0n) is 8.48. The van der Waals surface area contributed by atoms with Crippen molar-refractivity contribution in [3.8, 4) is 0 Å². The van der Waals surface area contributed by atoms with Gasteiger partial charge in [0.1, 0.15) is 5.82 Å². The van der Waals surface area contributed by atoms with E-state index in [1.165, 1.54) is 0 Å². The zero-order chi connectivity index (χ0) is 9.80. The molecular weight excluding hydrogens is 176 g/mol. The molecule has 0 bridgehead atoms. The highest BCUT2D eigenvalue weighted by Crippen LogP contribution is 2.07. The van der Waals surface area contributed by atoms with E-state index >= 15 is 0 Å². The number of likely N-dealkylation sites (N-methyl/N-ethyl adjacent to an activating group) is 1. The van der Waals surface area contributed by atoms with Crippen molar-refractivity contribution in [2.75, 3.05) is 19.6 Å². The molecule has 0 aromatic carbocycles. The van der Waals surface area contributed by atoms with Gasteiger partial charge in [-0.15, -0.1) is 0 Å². The lowest BCUT2D eigenvalue weighted by molar-refractivity contribution is 0.142. The summed E-state index contributed by atoms with van der Waals surface area (Å²) in [4.78, 5) is 10.9. The minimum Gasteiger partial charge on any atom is -0.314 e. The van der Waals surface area contributed by atoms with Gasteiger partial charge >= 0.3 is 0 Å². The summed E-state index contributed by atoms with van der Waals surface area (Å²) in [5.41, 5.74) is 0. The summed E-state index contributed by atoms with van der Waals surface area (Å²) < 4.78 is 0. The fraction of sp³-hybridized carbons (Fsp3) is 0.600. The number of hydrogen-bond acceptors (Lipinski definition) is 4. The molecule has 0 amide bonds. The van der Waals surface area contributed by atoms with Crippen molar-refractivity contribution in [2.45, 2.75) is 19.5 Å². The van der Waals surface area contributed by atoms with Crippen LogP contribution in [0, 0.1) is 0 Å². The predicted octanol–water partition coefficient (Wildman–Crippen LogP) is 0.270. The minimum atomic E-state index is 0.670. The summed E-state index contributed by atoms with van der Waals surface area (Å²) in [5.74, 6) is 0.918. The van der Waals surface area contributed by atoms with E-state index in [4.69, 9.17) is 0 Å². The highest BCUT2D eigenvalue weighted by atomic mass is 15.2. The quantitative estimate of drug-likeness (QED) is 0.743. The van der Waals surface area contributed by atoms with Crippen molar-refractivity contribution in [3.63, 3.8) is 0 Å². The van der Waals surface area contributed by atoms with Gasteiger partial charge in [0.05, 0.1) is 6.54 Å². The standard InChI is InChI=1S/C10H16N4/c1-2-14(9-6-11-7-9)8-10-12-4-3-5-13-10/h3-5,9,11H,2,6-8H2,1H3. The molecule has 4 nitrogen and oxygen atoms in total. The summed E-state index contributed by atoms with van der Waals surface area (Å²) in [6.07, 6.45) is 3.60. The Kier molecular flexibility index (Phi) is 3.06. The molecule has 0 spiro atoms. The van der Waals surface area contributed by atoms with Gasteiger partial charge in [-0.05, 0) is 12.6 Å². The number of rotatable bonds is 4. The van der Waals surface area contributed by atoms with E-state index in [0.717, 1.165) is 32.0 Å². The van der Waals surface area contributed by atoms with Crippen LogP contribution in [0.5, 0.6) is 0 Å². The van der Waals surface area contributed by atoms with Crippen molar-refractivity contribution in [2.24, 2.45) is 0 Å². The lowest BCUT2D eigenvalue weighted by Gasteiger charge is -2.37. The third-order valence-corrected chi connectivity index (χ3v) is 2.65. The number of hydrogen-bond donors (Lipinski definition) is 1. The van der Waals surface area contributed by atoms with Crippen LogP contribution in [0.3, 0.4) is 0 Å². The summed E-state index contributed by atoms with van der Waals surface area (Å²) in [6.45, 7) is 6.30. The van der Waals surface area contributed by atoms with E-state index in [1.54, 1.807) is 12.4 Å². The van der Waals surface area contributed by atoms with Gasteiger partial charge in [-0.3, -0.25) is 4.90 Å². The van der Waals surface area contributed by atoms with E-state index in [0.29, 0.717) is 6.04 Å². The Morgan fingerprint density at radius 3 is 2.64 bits per heavy atom. The van der Waals surface area contributed by atoms with Crippen LogP contribution in [-0.4, -0.2) is 40.5 Å². The van der Waals surface area contributed by atoms with Gasteiger partial charge in [0.15, 0.2) is 0 Å². The number of nitrogens with zero attached hydrogens (tertiary/aromatic N) is 3. The molecule has 14 heavy (non-hydrogen) atoms. The Hall–Kier alpha value is -1.00. The Balaban J connectivity index is 1.94. The van der Waals surface area contributed by atoms with Gasteiger partial charge in [-0.25, -0.2) is 9.97 Å². The predicted molar refractivity (Wildman–Crippen MR) is 54.8 cm³/mol. The lowest BCUT2D eigenvalue weighted by Crippen LogP contribution is -2.56. The molecular formula is C10H16N4. The molecule has 2 heterocycles. The van der Waals surface area contributed by atoms with Gasteiger partial charge in [0.2, 0.25) is 0 Å². The van der Waals surface area contributed by atoms with Gasteiger partial charge in [0.25, 0.3) is 0 Å². The number of aromatic nitrogens is 2. The van der Waals surface area contributed by atoms with Crippen LogP contribution in [0.4, 0.5) is 0 Å². The Morgan fingerprint density at radius 2 is 2.14 bits per heavy atom. The minimum absolute atomic E-state index is 0.670. The second-order valence-electron chi connectivity index (χ2n) is 3.54. The first-order chi connectivity index (χ1) is 6.90. The average Bonchev–Trinajstić information content (AvgIpc) is 2.15. The van der Waals surface area contributed by atoms with E-state index in [-0.39, 0.29) is 0 Å². The fourth-order valence-corrected chi connectivity index (χ4v) is 1.62. The van der Waals surface area contributed by atoms with Crippen LogP contribution < -0.4 is 5.32 Å². The van der Waals surface area contributed by atoms with E-state index in [2.05, 4.69) is 27.1 Å². The van der Waals surface area contributed by atoms with Crippen molar-refractivity contribution < 1.29 is 0 Å². The molecule has 1 saturated heterocycles. The highest BCUT2D eigenvalue weighted by molar-refractivity contribution is 4.91. The number of nitrogens with one attached hydrogen (secondary N) is 1. The van der Waals surface area contributed by atoms with Gasteiger partial charge in [-0.2, -0.15) is 0 Å². The summed E-state index contributed by atoms with van der Waals surface area (Å²) in [6, 6.07) is 2.52. The molecule has 0 aliphatic carbocycles. The molecule has 1 aliphatic rings. The molecule has 1 aliphatic heterocycles. The fourth-order valence-electron chi connectivity index (χ4n) is 1.62.